The lowest BCUT2D eigenvalue weighted by molar-refractivity contribution is 0.0700. The first-order valence-electron chi connectivity index (χ1n) is 11.3. The van der Waals surface area contributed by atoms with Crippen LogP contribution in [-0.4, -0.2) is 48.5 Å². The molecule has 0 radical (unpaired) electrons. The molecule has 5 aromatic rings. The van der Waals surface area contributed by atoms with E-state index in [2.05, 4.69) is 57.3 Å². The molecule has 33 heavy (non-hydrogen) atoms. The standard InChI is InChI=1S/C26H24N6O/c1-17-5-6-21-20(14-17)24(18-7-10-27-11-8-18)25(29-21)19-4-2-12-31(16-19)26(33)22-15-23-28-9-3-13-32(23)30-22/h3,5-11,13-15,19,29H,2,4,12,16H2,1H3/t19-/m0/s1. The van der Waals surface area contributed by atoms with Crippen molar-refractivity contribution in [1.82, 2.24) is 29.5 Å². The number of carbonyl (C=O) groups excluding carboxylic acids is 1. The lowest BCUT2D eigenvalue weighted by atomic mass is 9.89. The fourth-order valence-corrected chi connectivity index (χ4v) is 4.96. The molecule has 0 spiro atoms. The lowest BCUT2D eigenvalue weighted by Gasteiger charge is -2.32. The Morgan fingerprint density at radius 3 is 2.85 bits per heavy atom. The summed E-state index contributed by atoms with van der Waals surface area (Å²) in [6, 6.07) is 14.2. The number of hydrogen-bond acceptors (Lipinski definition) is 4. The first kappa shape index (κ1) is 19.7. The average Bonchev–Trinajstić information content (AvgIpc) is 3.46. The van der Waals surface area contributed by atoms with Gasteiger partial charge < -0.3 is 9.88 Å². The molecule has 1 N–H and O–H groups in total. The minimum atomic E-state index is -0.0392. The van der Waals surface area contributed by atoms with Gasteiger partial charge >= 0.3 is 0 Å². The van der Waals surface area contributed by atoms with E-state index >= 15 is 0 Å². The SMILES string of the molecule is Cc1ccc2[nH]c([C@H]3CCCN(C(=O)c4cc5ncccn5n4)C3)c(-c3ccncc3)c2c1. The molecule has 0 saturated carbocycles. The predicted octanol–water partition coefficient (Wildman–Crippen LogP) is 4.60. The second-order valence-corrected chi connectivity index (χ2v) is 8.74. The molecular weight excluding hydrogens is 412 g/mol. The Morgan fingerprint density at radius 1 is 1.12 bits per heavy atom. The quantitative estimate of drug-likeness (QED) is 0.448. The maximum absolute atomic E-state index is 13.3. The zero-order valence-corrected chi connectivity index (χ0v) is 18.4. The van der Waals surface area contributed by atoms with Gasteiger partial charge in [0.1, 0.15) is 0 Å². The zero-order valence-electron chi connectivity index (χ0n) is 18.4. The molecule has 164 valence electrons. The number of amides is 1. The van der Waals surface area contributed by atoms with Crippen molar-refractivity contribution in [1.29, 1.82) is 0 Å². The van der Waals surface area contributed by atoms with Crippen molar-refractivity contribution in [3.05, 3.63) is 84.2 Å². The largest absolute Gasteiger partial charge is 0.358 e. The average molecular weight is 437 g/mol. The van der Waals surface area contributed by atoms with E-state index in [0.717, 1.165) is 30.5 Å². The van der Waals surface area contributed by atoms with Crippen LogP contribution in [-0.2, 0) is 0 Å². The van der Waals surface area contributed by atoms with Crippen LogP contribution in [0.15, 0.2) is 67.3 Å². The predicted molar refractivity (Wildman–Crippen MR) is 127 cm³/mol. The summed E-state index contributed by atoms with van der Waals surface area (Å²) in [6.45, 7) is 3.51. The number of rotatable bonds is 3. The van der Waals surface area contributed by atoms with Crippen molar-refractivity contribution < 1.29 is 4.79 Å². The van der Waals surface area contributed by atoms with Gasteiger partial charge in [-0.25, -0.2) is 9.50 Å². The molecule has 1 atom stereocenters. The lowest BCUT2D eigenvalue weighted by Crippen LogP contribution is -2.39. The number of aromatic amines is 1. The summed E-state index contributed by atoms with van der Waals surface area (Å²) in [5, 5.41) is 5.66. The summed E-state index contributed by atoms with van der Waals surface area (Å²) in [7, 11) is 0. The first-order valence-corrected chi connectivity index (χ1v) is 11.3. The molecule has 1 aliphatic rings. The van der Waals surface area contributed by atoms with Gasteiger partial charge in [-0.15, -0.1) is 0 Å². The Balaban J connectivity index is 1.37. The highest BCUT2D eigenvalue weighted by atomic mass is 16.2. The summed E-state index contributed by atoms with van der Waals surface area (Å²) in [5.74, 6) is 0.177. The van der Waals surface area contributed by atoms with Crippen LogP contribution in [0.3, 0.4) is 0 Å². The highest BCUT2D eigenvalue weighted by Crippen LogP contribution is 2.39. The second-order valence-electron chi connectivity index (χ2n) is 8.74. The molecule has 1 fully saturated rings. The molecule has 0 aliphatic carbocycles. The van der Waals surface area contributed by atoms with Gasteiger partial charge in [0.15, 0.2) is 11.3 Å². The van der Waals surface area contributed by atoms with Crippen LogP contribution in [0.25, 0.3) is 27.7 Å². The number of likely N-dealkylation sites (tertiary alicyclic amines) is 1. The number of hydrogen-bond donors (Lipinski definition) is 1. The molecule has 4 aromatic heterocycles. The number of pyridine rings is 1. The van der Waals surface area contributed by atoms with Crippen LogP contribution >= 0.6 is 0 Å². The van der Waals surface area contributed by atoms with E-state index in [4.69, 9.17) is 0 Å². The highest BCUT2D eigenvalue weighted by Gasteiger charge is 2.30. The second kappa shape index (κ2) is 7.85. The third-order valence-electron chi connectivity index (χ3n) is 6.52. The smallest absolute Gasteiger partial charge is 0.274 e. The van der Waals surface area contributed by atoms with E-state index in [-0.39, 0.29) is 11.8 Å². The molecule has 0 unspecified atom stereocenters. The van der Waals surface area contributed by atoms with E-state index in [9.17, 15) is 4.79 Å². The zero-order chi connectivity index (χ0) is 22.4. The van der Waals surface area contributed by atoms with Gasteiger partial charge in [-0.05, 0) is 55.7 Å². The van der Waals surface area contributed by atoms with E-state index < -0.39 is 0 Å². The first-order chi connectivity index (χ1) is 16.2. The van der Waals surface area contributed by atoms with Crippen molar-refractivity contribution in [2.24, 2.45) is 0 Å². The van der Waals surface area contributed by atoms with Crippen molar-refractivity contribution in [2.45, 2.75) is 25.7 Å². The topological polar surface area (TPSA) is 79.2 Å². The Hall–Kier alpha value is -4.00. The third-order valence-corrected chi connectivity index (χ3v) is 6.52. The molecule has 1 amide bonds. The molecule has 7 nitrogen and oxygen atoms in total. The van der Waals surface area contributed by atoms with Gasteiger partial charge in [0.25, 0.3) is 5.91 Å². The normalized spacial score (nSPS) is 16.5. The molecule has 7 heteroatoms. The summed E-state index contributed by atoms with van der Waals surface area (Å²) in [6.07, 6.45) is 9.17. The fourth-order valence-electron chi connectivity index (χ4n) is 4.96. The number of piperidine rings is 1. The van der Waals surface area contributed by atoms with Crippen molar-refractivity contribution in [3.63, 3.8) is 0 Å². The summed E-state index contributed by atoms with van der Waals surface area (Å²) in [5.41, 5.74) is 7.02. The van der Waals surface area contributed by atoms with Gasteiger partial charge in [-0.1, -0.05) is 11.6 Å². The fraction of sp³-hybridized carbons (Fsp3) is 0.231. The summed E-state index contributed by atoms with van der Waals surface area (Å²) >= 11 is 0. The van der Waals surface area contributed by atoms with Gasteiger partial charge in [0.2, 0.25) is 0 Å². The molecule has 6 rings (SSSR count). The Bertz CT molecular complexity index is 1440. The molecule has 1 aliphatic heterocycles. The molecule has 0 bridgehead atoms. The van der Waals surface area contributed by atoms with Crippen LogP contribution in [0.4, 0.5) is 0 Å². The summed E-state index contributed by atoms with van der Waals surface area (Å²) in [4.78, 5) is 27.4. The van der Waals surface area contributed by atoms with Crippen LogP contribution in [0.2, 0.25) is 0 Å². The van der Waals surface area contributed by atoms with Crippen molar-refractivity contribution >= 4 is 22.5 Å². The number of aryl methyl sites for hydroxylation is 1. The minimum absolute atomic E-state index is 0.0392. The van der Waals surface area contributed by atoms with E-state index in [1.54, 1.807) is 16.8 Å². The Labute approximate surface area is 191 Å². The van der Waals surface area contributed by atoms with Crippen LogP contribution in [0, 0.1) is 6.92 Å². The monoisotopic (exact) mass is 436 g/mol. The molecule has 1 aromatic carbocycles. The van der Waals surface area contributed by atoms with Gasteiger partial charge in [0.05, 0.1) is 0 Å². The van der Waals surface area contributed by atoms with E-state index in [1.165, 1.54) is 22.2 Å². The van der Waals surface area contributed by atoms with Crippen LogP contribution < -0.4 is 0 Å². The number of H-pyrrole nitrogens is 1. The number of benzene rings is 1. The number of carbonyl (C=O) groups is 1. The number of fused-ring (bicyclic) bond motifs is 2. The van der Waals surface area contributed by atoms with Gasteiger partial charge in [-0.2, -0.15) is 5.10 Å². The highest BCUT2D eigenvalue weighted by molar-refractivity contribution is 5.98. The minimum Gasteiger partial charge on any atom is -0.358 e. The third kappa shape index (κ3) is 3.46. The number of nitrogens with zero attached hydrogens (tertiary/aromatic N) is 5. The van der Waals surface area contributed by atoms with Crippen LogP contribution in [0.5, 0.6) is 0 Å². The van der Waals surface area contributed by atoms with Crippen LogP contribution in [0.1, 0.15) is 40.5 Å². The Morgan fingerprint density at radius 2 is 2.00 bits per heavy atom. The van der Waals surface area contributed by atoms with E-state index in [1.807, 2.05) is 29.6 Å². The molecular formula is C26H24N6O. The molecule has 5 heterocycles. The molecule has 1 saturated heterocycles. The Kier molecular flexibility index (Phi) is 4.68. The maximum atomic E-state index is 13.3. The maximum Gasteiger partial charge on any atom is 0.274 e. The van der Waals surface area contributed by atoms with Gasteiger partial charge in [-0.3, -0.25) is 9.78 Å². The number of nitrogens with one attached hydrogen (secondary N) is 1. The number of aromatic nitrogens is 5. The van der Waals surface area contributed by atoms with Crippen molar-refractivity contribution in [2.75, 3.05) is 13.1 Å². The van der Waals surface area contributed by atoms with E-state index in [0.29, 0.717) is 17.9 Å². The summed E-state index contributed by atoms with van der Waals surface area (Å²) < 4.78 is 1.65. The van der Waals surface area contributed by atoms with Crippen molar-refractivity contribution in [3.8, 4) is 11.1 Å². The van der Waals surface area contributed by atoms with Gasteiger partial charge in [0, 0.05) is 72.0 Å².